The molecule has 0 N–H and O–H groups in total. The smallest absolute Gasteiger partial charge is 0.357 e. The predicted molar refractivity (Wildman–Crippen MR) is 120 cm³/mol. The second-order valence-corrected chi connectivity index (χ2v) is 7.76. The SMILES string of the molecule is COC(=O)c1c(-c2ccc(COCC3CCCO3)c(F)c2)nn(-c2ccccc2)c1C(=O)OC. The molecule has 0 bridgehead atoms. The summed E-state index contributed by atoms with van der Waals surface area (Å²) < 4.78 is 37.2. The summed E-state index contributed by atoms with van der Waals surface area (Å²) in [6.07, 6.45) is 1.98. The van der Waals surface area contributed by atoms with E-state index in [0.29, 0.717) is 23.4 Å². The average Bonchev–Trinajstić information content (AvgIpc) is 3.53. The molecule has 1 unspecified atom stereocenters. The Morgan fingerprint density at radius 1 is 1.12 bits per heavy atom. The third kappa shape index (κ3) is 4.85. The molecule has 0 radical (unpaired) electrons. The third-order valence-corrected chi connectivity index (χ3v) is 5.57. The van der Waals surface area contributed by atoms with Gasteiger partial charge in [-0.15, -0.1) is 0 Å². The van der Waals surface area contributed by atoms with Crippen molar-refractivity contribution < 1.29 is 32.9 Å². The molecule has 4 rings (SSSR count). The highest BCUT2D eigenvalue weighted by Crippen LogP contribution is 2.30. The minimum Gasteiger partial charge on any atom is -0.465 e. The zero-order valence-electron chi connectivity index (χ0n) is 19.0. The van der Waals surface area contributed by atoms with Crippen molar-refractivity contribution in [1.29, 1.82) is 0 Å². The van der Waals surface area contributed by atoms with Gasteiger partial charge in [-0.1, -0.05) is 30.3 Å². The van der Waals surface area contributed by atoms with Crippen LogP contribution < -0.4 is 0 Å². The van der Waals surface area contributed by atoms with Gasteiger partial charge in [0.15, 0.2) is 5.69 Å². The molecule has 0 aliphatic carbocycles. The molecule has 0 saturated carbocycles. The zero-order chi connectivity index (χ0) is 24.1. The first-order valence-corrected chi connectivity index (χ1v) is 10.9. The van der Waals surface area contributed by atoms with Crippen LogP contribution in [0.5, 0.6) is 0 Å². The van der Waals surface area contributed by atoms with Gasteiger partial charge in [0.05, 0.1) is 39.2 Å². The van der Waals surface area contributed by atoms with E-state index in [9.17, 15) is 14.0 Å². The first-order chi connectivity index (χ1) is 16.5. The average molecular weight is 468 g/mol. The molecule has 1 atom stereocenters. The van der Waals surface area contributed by atoms with E-state index in [1.807, 2.05) is 6.07 Å². The Labute approximate surface area is 196 Å². The topological polar surface area (TPSA) is 88.9 Å². The Hall–Kier alpha value is -3.56. The van der Waals surface area contributed by atoms with Crippen LogP contribution in [0.1, 0.15) is 39.3 Å². The maximum Gasteiger partial charge on any atom is 0.357 e. The van der Waals surface area contributed by atoms with Crippen LogP contribution in [0.2, 0.25) is 0 Å². The van der Waals surface area contributed by atoms with Crippen molar-refractivity contribution in [2.45, 2.75) is 25.6 Å². The lowest BCUT2D eigenvalue weighted by molar-refractivity contribution is 0.00983. The van der Waals surface area contributed by atoms with Crippen LogP contribution in [-0.4, -0.2) is 55.3 Å². The molecule has 1 aromatic heterocycles. The highest BCUT2D eigenvalue weighted by molar-refractivity contribution is 6.06. The van der Waals surface area contributed by atoms with E-state index in [4.69, 9.17) is 18.9 Å². The van der Waals surface area contributed by atoms with Gasteiger partial charge in [0.2, 0.25) is 0 Å². The Bertz CT molecular complexity index is 1170. The molecule has 0 spiro atoms. The maximum absolute atomic E-state index is 15.0. The lowest BCUT2D eigenvalue weighted by Crippen LogP contribution is -2.15. The second-order valence-electron chi connectivity index (χ2n) is 7.76. The van der Waals surface area contributed by atoms with Crippen molar-refractivity contribution in [3.63, 3.8) is 0 Å². The molecule has 1 aliphatic rings. The van der Waals surface area contributed by atoms with Crippen LogP contribution in [0.3, 0.4) is 0 Å². The molecule has 1 fully saturated rings. The summed E-state index contributed by atoms with van der Waals surface area (Å²) in [6.45, 7) is 1.21. The first kappa shape index (κ1) is 23.6. The highest BCUT2D eigenvalue weighted by atomic mass is 19.1. The van der Waals surface area contributed by atoms with Crippen molar-refractivity contribution in [2.75, 3.05) is 27.4 Å². The van der Waals surface area contributed by atoms with Gasteiger partial charge < -0.3 is 18.9 Å². The molecule has 34 heavy (non-hydrogen) atoms. The number of hydrogen-bond acceptors (Lipinski definition) is 7. The van der Waals surface area contributed by atoms with Gasteiger partial charge in [-0.3, -0.25) is 0 Å². The number of ether oxygens (including phenoxy) is 4. The van der Waals surface area contributed by atoms with Crippen LogP contribution in [0.15, 0.2) is 48.5 Å². The number of rotatable bonds is 8. The van der Waals surface area contributed by atoms with Crippen molar-refractivity contribution in [2.24, 2.45) is 0 Å². The van der Waals surface area contributed by atoms with E-state index >= 15 is 0 Å². The van der Waals surface area contributed by atoms with Gasteiger partial charge in [-0.2, -0.15) is 5.10 Å². The van der Waals surface area contributed by atoms with Crippen LogP contribution in [-0.2, 0) is 25.6 Å². The number of methoxy groups -OCH3 is 2. The summed E-state index contributed by atoms with van der Waals surface area (Å²) >= 11 is 0. The van der Waals surface area contributed by atoms with E-state index in [-0.39, 0.29) is 29.7 Å². The molecule has 3 aromatic rings. The van der Waals surface area contributed by atoms with Crippen LogP contribution >= 0.6 is 0 Å². The van der Waals surface area contributed by atoms with Gasteiger partial charge in [-0.25, -0.2) is 18.7 Å². The fraction of sp³-hybridized carbons (Fsp3) is 0.320. The largest absolute Gasteiger partial charge is 0.465 e. The van der Waals surface area contributed by atoms with Gasteiger partial charge in [0, 0.05) is 17.7 Å². The Morgan fingerprint density at radius 2 is 1.88 bits per heavy atom. The van der Waals surface area contributed by atoms with Crippen molar-refractivity contribution in [1.82, 2.24) is 9.78 Å². The van der Waals surface area contributed by atoms with Crippen molar-refractivity contribution in [3.8, 4) is 16.9 Å². The van der Waals surface area contributed by atoms with Crippen molar-refractivity contribution >= 4 is 11.9 Å². The summed E-state index contributed by atoms with van der Waals surface area (Å²) in [7, 11) is 2.40. The fourth-order valence-electron chi connectivity index (χ4n) is 3.84. The molecule has 1 aliphatic heterocycles. The highest BCUT2D eigenvalue weighted by Gasteiger charge is 2.31. The number of hydrogen-bond donors (Lipinski definition) is 0. The van der Waals surface area contributed by atoms with Crippen molar-refractivity contribution in [3.05, 3.63) is 71.2 Å². The maximum atomic E-state index is 15.0. The predicted octanol–water partition coefficient (Wildman–Crippen LogP) is 3.95. The molecule has 1 saturated heterocycles. The summed E-state index contributed by atoms with van der Waals surface area (Å²) in [6, 6.07) is 13.2. The number of carbonyl (C=O) groups excluding carboxylic acids is 2. The molecule has 8 nitrogen and oxygen atoms in total. The molecule has 2 heterocycles. The molecule has 2 aromatic carbocycles. The number of aromatic nitrogens is 2. The minimum absolute atomic E-state index is 0.0450. The van der Waals surface area contributed by atoms with Gasteiger partial charge in [0.1, 0.15) is 17.1 Å². The van der Waals surface area contributed by atoms with E-state index < -0.39 is 17.8 Å². The summed E-state index contributed by atoms with van der Waals surface area (Å²) in [5.74, 6) is -2.08. The van der Waals surface area contributed by atoms with E-state index in [1.165, 1.54) is 25.0 Å². The van der Waals surface area contributed by atoms with Gasteiger partial charge in [-0.05, 0) is 31.0 Å². The molecule has 178 valence electrons. The van der Waals surface area contributed by atoms with Crippen LogP contribution in [0.25, 0.3) is 16.9 Å². The Balaban J connectivity index is 1.71. The number of benzene rings is 2. The number of esters is 2. The number of halogens is 1. The number of nitrogens with zero attached hydrogens (tertiary/aromatic N) is 2. The zero-order valence-corrected chi connectivity index (χ0v) is 19.0. The molecular formula is C25H25FN2O6. The number of carbonyl (C=O) groups is 2. The standard InChI is InChI=1S/C25H25FN2O6/c1-31-24(29)21-22(27-28(23(21)25(30)32-2)18-7-4-3-5-8-18)16-10-11-17(20(26)13-16)14-33-15-19-9-6-12-34-19/h3-5,7-8,10-11,13,19H,6,9,12,14-15H2,1-2H3. The second kappa shape index (κ2) is 10.6. The van der Waals surface area contributed by atoms with Gasteiger partial charge in [0.25, 0.3) is 0 Å². The van der Waals surface area contributed by atoms with Gasteiger partial charge >= 0.3 is 11.9 Å². The Morgan fingerprint density at radius 3 is 2.53 bits per heavy atom. The summed E-state index contributed by atoms with van der Waals surface area (Å²) in [5.41, 5.74) is 1.07. The quantitative estimate of drug-likeness (QED) is 0.463. The molecular weight excluding hydrogens is 443 g/mol. The number of para-hydroxylation sites is 1. The summed E-state index contributed by atoms with van der Waals surface area (Å²) in [5, 5.41) is 4.47. The fourth-order valence-corrected chi connectivity index (χ4v) is 3.84. The molecule has 0 amide bonds. The van der Waals surface area contributed by atoms with E-state index in [0.717, 1.165) is 19.4 Å². The van der Waals surface area contributed by atoms with Crippen LogP contribution in [0.4, 0.5) is 4.39 Å². The summed E-state index contributed by atoms with van der Waals surface area (Å²) in [4.78, 5) is 25.4. The molecule has 9 heteroatoms. The lowest BCUT2D eigenvalue weighted by atomic mass is 10.0. The van der Waals surface area contributed by atoms with E-state index in [1.54, 1.807) is 36.4 Å². The van der Waals surface area contributed by atoms with E-state index in [2.05, 4.69) is 5.10 Å². The minimum atomic E-state index is -0.790. The monoisotopic (exact) mass is 468 g/mol. The first-order valence-electron chi connectivity index (χ1n) is 10.9. The normalized spacial score (nSPS) is 15.3. The third-order valence-electron chi connectivity index (χ3n) is 5.57. The lowest BCUT2D eigenvalue weighted by Gasteiger charge is -2.11. The van der Waals surface area contributed by atoms with Crippen LogP contribution in [0, 0.1) is 5.82 Å². The Kier molecular flexibility index (Phi) is 7.34.